The molecule has 0 rings (SSSR count). The van der Waals surface area contributed by atoms with Crippen LogP contribution in [0.15, 0.2) is 0 Å². The van der Waals surface area contributed by atoms with Gasteiger partial charge in [0.1, 0.15) is 0 Å². The molecule has 0 aromatic heterocycles. The summed E-state index contributed by atoms with van der Waals surface area (Å²) in [7, 11) is 0. The molecule has 23 heavy (non-hydrogen) atoms. The van der Waals surface area contributed by atoms with Gasteiger partial charge in [-0.15, -0.1) is 0 Å². The van der Waals surface area contributed by atoms with Crippen LogP contribution in [0.3, 0.4) is 0 Å². The molecule has 0 saturated heterocycles. The summed E-state index contributed by atoms with van der Waals surface area (Å²) in [5.41, 5.74) is 0. The van der Waals surface area contributed by atoms with Crippen molar-refractivity contribution in [3.63, 3.8) is 0 Å². The quantitative estimate of drug-likeness (QED) is 0.425. The van der Waals surface area contributed by atoms with Gasteiger partial charge in [0.15, 0.2) is 0 Å². The first-order chi connectivity index (χ1) is 10.7. The van der Waals surface area contributed by atoms with Crippen molar-refractivity contribution in [2.75, 3.05) is 6.61 Å². The van der Waals surface area contributed by atoms with Crippen LogP contribution in [0.4, 0.5) is 0 Å². The molecule has 8 nitrogen and oxygen atoms in total. The van der Waals surface area contributed by atoms with E-state index >= 15 is 0 Å². The molecule has 0 aliphatic carbocycles. The van der Waals surface area contributed by atoms with Gasteiger partial charge in [-0.05, 0) is 25.7 Å². The van der Waals surface area contributed by atoms with Crippen LogP contribution < -0.4 is 0 Å². The Balaban J connectivity index is -0.000000284. The van der Waals surface area contributed by atoms with Gasteiger partial charge >= 0.3 is 17.9 Å². The Kier molecular flexibility index (Phi) is 21.0. The number of carboxylic acid groups (broad SMARTS) is 3. The maximum absolute atomic E-state index is 10.4. The fourth-order valence-corrected chi connectivity index (χ4v) is 1.27. The summed E-state index contributed by atoms with van der Waals surface area (Å²) in [5.74, 6) is -2.88. The second-order valence-electron chi connectivity index (χ2n) is 4.80. The Hall–Kier alpha value is -1.67. The minimum absolute atomic E-state index is 0.127. The third-order valence-corrected chi connectivity index (χ3v) is 2.54. The predicted molar refractivity (Wildman–Crippen MR) is 84.2 cm³/mol. The van der Waals surface area contributed by atoms with E-state index in [0.717, 1.165) is 12.8 Å². The Morgan fingerprint density at radius 1 is 0.870 bits per heavy atom. The highest BCUT2D eigenvalue weighted by molar-refractivity contribution is 5.69. The lowest BCUT2D eigenvalue weighted by Gasteiger charge is -2.12. The number of rotatable bonds is 9. The van der Waals surface area contributed by atoms with Gasteiger partial charge in [-0.2, -0.15) is 0 Å². The highest BCUT2D eigenvalue weighted by atomic mass is 16.4. The largest absolute Gasteiger partial charge is 0.481 e. The van der Waals surface area contributed by atoms with Crippen molar-refractivity contribution in [1.29, 1.82) is 0 Å². The lowest BCUT2D eigenvalue weighted by molar-refractivity contribution is -0.143. The van der Waals surface area contributed by atoms with Gasteiger partial charge in [0.2, 0.25) is 0 Å². The monoisotopic (exact) mass is 338 g/mol. The van der Waals surface area contributed by atoms with E-state index in [4.69, 9.17) is 25.5 Å². The van der Waals surface area contributed by atoms with Gasteiger partial charge in [0.25, 0.3) is 0 Å². The molecule has 0 saturated carbocycles. The number of aliphatic hydroxyl groups is 2. The highest BCUT2D eigenvalue weighted by Crippen LogP contribution is 2.10. The zero-order valence-corrected chi connectivity index (χ0v) is 14.1. The molecular formula is C15H30O8. The number of hydrogen-bond acceptors (Lipinski definition) is 5. The second-order valence-corrected chi connectivity index (χ2v) is 4.80. The van der Waals surface area contributed by atoms with Gasteiger partial charge in [-0.25, -0.2) is 0 Å². The molecule has 2 atom stereocenters. The zero-order valence-electron chi connectivity index (χ0n) is 14.1. The normalized spacial score (nSPS) is 11.9. The summed E-state index contributed by atoms with van der Waals surface area (Å²) in [6.45, 7) is 5.05. The fraction of sp³-hybridized carbons (Fsp3) is 0.800. The van der Waals surface area contributed by atoms with Gasteiger partial charge in [-0.1, -0.05) is 20.8 Å². The Morgan fingerprint density at radius 2 is 1.26 bits per heavy atom. The van der Waals surface area contributed by atoms with Crippen molar-refractivity contribution < 1.29 is 39.9 Å². The molecule has 0 bridgehead atoms. The van der Waals surface area contributed by atoms with Crippen LogP contribution in [-0.2, 0) is 14.4 Å². The zero-order chi connectivity index (χ0) is 18.8. The molecule has 0 heterocycles. The van der Waals surface area contributed by atoms with Crippen molar-refractivity contribution in [3.8, 4) is 0 Å². The van der Waals surface area contributed by atoms with Crippen LogP contribution in [0.2, 0.25) is 0 Å². The van der Waals surface area contributed by atoms with Crippen molar-refractivity contribution in [2.24, 2.45) is 5.92 Å². The van der Waals surface area contributed by atoms with Gasteiger partial charge in [-0.3, -0.25) is 14.4 Å². The fourth-order valence-electron chi connectivity index (χ4n) is 1.27. The van der Waals surface area contributed by atoms with Gasteiger partial charge in [0, 0.05) is 12.8 Å². The molecule has 0 aliphatic rings. The molecule has 0 amide bonds. The van der Waals surface area contributed by atoms with E-state index in [2.05, 4.69) is 0 Å². The lowest BCUT2D eigenvalue weighted by Crippen LogP contribution is -2.22. The molecular weight excluding hydrogens is 308 g/mol. The van der Waals surface area contributed by atoms with Gasteiger partial charge < -0.3 is 25.5 Å². The van der Waals surface area contributed by atoms with E-state index in [0.29, 0.717) is 19.3 Å². The summed E-state index contributed by atoms with van der Waals surface area (Å²) in [4.78, 5) is 29.6. The smallest absolute Gasteiger partial charge is 0.306 e. The van der Waals surface area contributed by atoms with Crippen LogP contribution in [0.25, 0.3) is 0 Å². The van der Waals surface area contributed by atoms with Crippen molar-refractivity contribution >= 4 is 17.9 Å². The molecule has 138 valence electrons. The van der Waals surface area contributed by atoms with E-state index in [1.54, 1.807) is 6.92 Å². The number of carbonyl (C=O) groups is 3. The minimum atomic E-state index is -0.917. The first-order valence-electron chi connectivity index (χ1n) is 7.61. The van der Waals surface area contributed by atoms with E-state index in [1.165, 1.54) is 0 Å². The Bertz CT molecular complexity index is 301. The molecule has 2 unspecified atom stereocenters. The molecule has 0 spiro atoms. The number of carboxylic acids is 3. The van der Waals surface area contributed by atoms with Crippen molar-refractivity contribution in [2.45, 2.75) is 65.4 Å². The molecule has 0 radical (unpaired) electrons. The minimum Gasteiger partial charge on any atom is -0.481 e. The molecule has 8 heteroatoms. The Labute approximate surface area is 136 Å². The Morgan fingerprint density at radius 3 is 1.39 bits per heavy atom. The van der Waals surface area contributed by atoms with Crippen LogP contribution in [0, 0.1) is 5.92 Å². The number of hydrogen-bond donors (Lipinski definition) is 5. The maximum Gasteiger partial charge on any atom is 0.306 e. The van der Waals surface area contributed by atoms with Crippen LogP contribution >= 0.6 is 0 Å². The average molecular weight is 338 g/mol. The summed E-state index contributed by atoms with van der Waals surface area (Å²) in [6.07, 6.45) is 1.75. The van der Waals surface area contributed by atoms with Gasteiger partial charge in [0.05, 0.1) is 18.6 Å². The first-order valence-corrected chi connectivity index (χ1v) is 7.61. The van der Waals surface area contributed by atoms with Crippen molar-refractivity contribution in [1.82, 2.24) is 0 Å². The average Bonchev–Trinajstić information content (AvgIpc) is 2.45. The summed E-state index contributed by atoms with van der Waals surface area (Å²) < 4.78 is 0. The van der Waals surface area contributed by atoms with Crippen LogP contribution in [0.1, 0.15) is 59.3 Å². The predicted octanol–water partition coefficient (Wildman–Crippen LogP) is 1.58. The highest BCUT2D eigenvalue weighted by Gasteiger charge is 2.18. The van der Waals surface area contributed by atoms with E-state index in [1.807, 2.05) is 13.8 Å². The third-order valence-electron chi connectivity index (χ3n) is 2.54. The maximum atomic E-state index is 10.4. The third kappa shape index (κ3) is 25.6. The topological polar surface area (TPSA) is 152 Å². The number of aliphatic hydroxyl groups excluding tert-OH is 2. The molecule has 0 aliphatic heterocycles. The van der Waals surface area contributed by atoms with E-state index in [-0.39, 0.29) is 13.0 Å². The van der Waals surface area contributed by atoms with E-state index < -0.39 is 29.9 Å². The van der Waals surface area contributed by atoms with Crippen molar-refractivity contribution in [3.05, 3.63) is 0 Å². The summed E-state index contributed by atoms with van der Waals surface area (Å²) >= 11 is 0. The standard InChI is InChI=1S/C7H14O4.2C4H8O2/c1-2-5(7(10)11)3-6(9)4-8;2*1-2-3-4(5)6/h5-6,8-9H,2-4H2,1H3,(H,10,11);2*2-3H2,1H3,(H,5,6). The van der Waals surface area contributed by atoms with E-state index in [9.17, 15) is 14.4 Å². The van der Waals surface area contributed by atoms with Crippen LogP contribution in [0.5, 0.6) is 0 Å². The summed E-state index contributed by atoms with van der Waals surface area (Å²) in [5, 5.41) is 41.7. The van der Waals surface area contributed by atoms with Crippen LogP contribution in [-0.4, -0.2) is 56.2 Å². The number of aliphatic carboxylic acids is 3. The SMILES string of the molecule is CCC(CC(O)CO)C(=O)O.CCCC(=O)O.CCCC(=O)O. The molecule has 0 aromatic rings. The molecule has 5 N–H and O–H groups in total. The second kappa shape index (κ2) is 18.4. The first kappa shape index (κ1) is 26.2. The summed E-state index contributed by atoms with van der Waals surface area (Å²) in [6, 6.07) is 0. The lowest BCUT2D eigenvalue weighted by atomic mass is 9.99. The molecule has 0 aromatic carbocycles. The molecule has 0 fully saturated rings.